The second kappa shape index (κ2) is 6.09. The Morgan fingerprint density at radius 1 is 1.50 bits per heavy atom. The highest BCUT2D eigenvalue weighted by Gasteiger charge is 2.51. The Balaban J connectivity index is 2.63. The van der Waals surface area contributed by atoms with Gasteiger partial charge in [0.25, 0.3) is 0 Å². The van der Waals surface area contributed by atoms with Crippen LogP contribution < -0.4 is 10.5 Å². The van der Waals surface area contributed by atoms with Crippen molar-refractivity contribution in [1.82, 2.24) is 4.90 Å². The van der Waals surface area contributed by atoms with Crippen LogP contribution in [0.25, 0.3) is 0 Å². The van der Waals surface area contributed by atoms with Gasteiger partial charge >= 0.3 is 5.97 Å². The number of allylic oxidation sites excluding steroid dienone is 1. The van der Waals surface area contributed by atoms with E-state index in [1.54, 1.807) is 11.0 Å². The molecular formula is C16H19FN2O3. The molecule has 6 heteroatoms. The third kappa shape index (κ3) is 2.20. The molecule has 1 aliphatic heterocycles. The minimum Gasteiger partial charge on any atom is -0.494 e. The van der Waals surface area contributed by atoms with Gasteiger partial charge in [-0.2, -0.15) is 0 Å². The number of rotatable bonds is 4. The molecule has 0 spiro atoms. The largest absolute Gasteiger partial charge is 0.494 e. The minimum atomic E-state index is -1.17. The van der Waals surface area contributed by atoms with Crippen LogP contribution in [0.15, 0.2) is 42.9 Å². The summed E-state index contributed by atoms with van der Waals surface area (Å²) >= 11 is 0. The zero-order valence-electron chi connectivity index (χ0n) is 12.6. The summed E-state index contributed by atoms with van der Waals surface area (Å²) in [6.45, 7) is 3.74. The van der Waals surface area contributed by atoms with Crippen LogP contribution >= 0.6 is 0 Å². The maximum atomic E-state index is 14.1. The highest BCUT2D eigenvalue weighted by atomic mass is 19.1. The van der Waals surface area contributed by atoms with Crippen molar-refractivity contribution < 1.29 is 18.7 Å². The fourth-order valence-electron chi connectivity index (χ4n) is 2.93. The predicted octanol–water partition coefficient (Wildman–Crippen LogP) is 2.24. The lowest BCUT2D eigenvalue weighted by Gasteiger charge is -2.35. The molecule has 0 saturated carbocycles. The van der Waals surface area contributed by atoms with Crippen molar-refractivity contribution in [1.29, 1.82) is 0 Å². The average molecular weight is 306 g/mol. The number of nitrogens with zero attached hydrogens (tertiary/aromatic N) is 1. The summed E-state index contributed by atoms with van der Waals surface area (Å²) in [5.74, 6) is -0.923. The maximum Gasteiger partial charge on any atom is 0.336 e. The second-order valence-electron chi connectivity index (χ2n) is 4.91. The highest BCUT2D eigenvalue weighted by molar-refractivity contribution is 5.84. The zero-order chi connectivity index (χ0) is 16.3. The summed E-state index contributed by atoms with van der Waals surface area (Å²) in [5, 5.41) is 0. The first-order valence-corrected chi connectivity index (χ1v) is 6.80. The molecule has 1 aromatic carbocycles. The summed E-state index contributed by atoms with van der Waals surface area (Å²) in [5.41, 5.74) is 5.65. The fourth-order valence-corrected chi connectivity index (χ4v) is 2.93. The van der Waals surface area contributed by atoms with Crippen LogP contribution in [0.5, 0.6) is 5.75 Å². The van der Waals surface area contributed by atoms with Gasteiger partial charge in [0.05, 0.1) is 14.2 Å². The maximum absolute atomic E-state index is 14.1. The van der Waals surface area contributed by atoms with Crippen molar-refractivity contribution in [2.45, 2.75) is 18.4 Å². The van der Waals surface area contributed by atoms with Crippen LogP contribution in [0.1, 0.15) is 18.4 Å². The summed E-state index contributed by atoms with van der Waals surface area (Å²) in [7, 11) is 2.68. The van der Waals surface area contributed by atoms with Crippen molar-refractivity contribution in [2.24, 2.45) is 5.73 Å². The van der Waals surface area contributed by atoms with E-state index in [-0.39, 0.29) is 5.75 Å². The van der Waals surface area contributed by atoms with Crippen LogP contribution in [-0.4, -0.2) is 25.1 Å². The summed E-state index contributed by atoms with van der Waals surface area (Å²) in [6.07, 6.45) is 3.91. The number of hydrogen-bond donors (Lipinski definition) is 1. The monoisotopic (exact) mass is 306 g/mol. The molecule has 0 amide bonds. The van der Waals surface area contributed by atoms with E-state index in [1.807, 2.05) is 0 Å². The number of nitrogens with two attached hydrogens (primary N) is 1. The van der Waals surface area contributed by atoms with Gasteiger partial charge in [-0.1, -0.05) is 12.6 Å². The molecule has 1 heterocycles. The number of esters is 1. The van der Waals surface area contributed by atoms with Crippen molar-refractivity contribution in [2.75, 3.05) is 14.2 Å². The lowest BCUT2D eigenvalue weighted by Crippen LogP contribution is -2.45. The molecule has 5 nitrogen and oxygen atoms in total. The number of carbonyl (C=O) groups excluding carboxylic acids is 1. The van der Waals surface area contributed by atoms with Gasteiger partial charge in [-0.15, -0.1) is 0 Å². The van der Waals surface area contributed by atoms with Gasteiger partial charge in [-0.05, 0) is 36.7 Å². The molecule has 2 rings (SSSR count). The smallest absolute Gasteiger partial charge is 0.336 e. The minimum absolute atomic E-state index is 0.113. The molecule has 0 bridgehead atoms. The van der Waals surface area contributed by atoms with Crippen LogP contribution in [-0.2, 0) is 15.1 Å². The Kier molecular flexibility index (Phi) is 4.40. The van der Waals surface area contributed by atoms with E-state index in [2.05, 4.69) is 6.58 Å². The summed E-state index contributed by atoms with van der Waals surface area (Å²) in [6, 6.07) is 4.42. The van der Waals surface area contributed by atoms with Gasteiger partial charge in [0.1, 0.15) is 0 Å². The normalized spacial score (nSPS) is 22.7. The number of likely N-dealkylation sites (tertiary alicyclic amines) is 1. The lowest BCUT2D eigenvalue weighted by molar-refractivity contribution is -0.152. The Bertz CT molecular complexity index is 630. The second-order valence-corrected chi connectivity index (χ2v) is 4.91. The molecule has 0 aliphatic carbocycles. The van der Waals surface area contributed by atoms with E-state index in [1.165, 1.54) is 38.8 Å². The number of benzene rings is 1. The van der Waals surface area contributed by atoms with E-state index in [4.69, 9.17) is 15.2 Å². The highest BCUT2D eigenvalue weighted by Crippen LogP contribution is 2.45. The van der Waals surface area contributed by atoms with Crippen LogP contribution in [0.4, 0.5) is 4.39 Å². The van der Waals surface area contributed by atoms with E-state index in [0.717, 1.165) is 5.70 Å². The van der Waals surface area contributed by atoms with Gasteiger partial charge in [0.15, 0.2) is 17.1 Å². The predicted molar refractivity (Wildman–Crippen MR) is 80.2 cm³/mol. The van der Waals surface area contributed by atoms with Crippen LogP contribution in [0.3, 0.4) is 0 Å². The first-order valence-electron chi connectivity index (χ1n) is 6.80. The van der Waals surface area contributed by atoms with Gasteiger partial charge in [0, 0.05) is 11.9 Å². The third-order valence-corrected chi connectivity index (χ3v) is 3.99. The Morgan fingerprint density at radius 3 is 2.73 bits per heavy atom. The number of halogens is 1. The van der Waals surface area contributed by atoms with Crippen molar-refractivity contribution >= 4 is 5.97 Å². The third-order valence-electron chi connectivity index (χ3n) is 3.99. The van der Waals surface area contributed by atoms with Crippen LogP contribution in [0.2, 0.25) is 0 Å². The molecule has 1 atom stereocenters. The molecule has 1 unspecified atom stereocenters. The molecular weight excluding hydrogens is 287 g/mol. The average Bonchev–Trinajstić information content (AvgIpc) is 2.93. The summed E-state index contributed by atoms with van der Waals surface area (Å²) in [4.78, 5) is 14.1. The summed E-state index contributed by atoms with van der Waals surface area (Å²) < 4.78 is 24.0. The number of ether oxygens (including phenoxy) is 2. The van der Waals surface area contributed by atoms with Gasteiger partial charge in [-0.3, -0.25) is 0 Å². The SMILES string of the molecule is C=CN1/C(=C\N)CCC1(C(=O)OC)c1ccc(OC)c(F)c1. The van der Waals surface area contributed by atoms with Crippen molar-refractivity contribution in [3.05, 3.63) is 54.3 Å². The molecule has 0 aromatic heterocycles. The quantitative estimate of drug-likeness (QED) is 0.864. The molecule has 1 saturated heterocycles. The topological polar surface area (TPSA) is 64.8 Å². The number of methoxy groups -OCH3 is 2. The Morgan fingerprint density at radius 2 is 2.23 bits per heavy atom. The Labute approximate surface area is 128 Å². The fraction of sp³-hybridized carbons (Fsp3) is 0.312. The van der Waals surface area contributed by atoms with Crippen molar-refractivity contribution in [3.63, 3.8) is 0 Å². The van der Waals surface area contributed by atoms with Gasteiger partial charge in [0.2, 0.25) is 0 Å². The van der Waals surface area contributed by atoms with Crippen LogP contribution in [0, 0.1) is 5.82 Å². The number of carbonyl (C=O) groups is 1. The van der Waals surface area contributed by atoms with E-state index >= 15 is 0 Å². The van der Waals surface area contributed by atoms with Gasteiger partial charge < -0.3 is 20.1 Å². The molecule has 1 aliphatic rings. The molecule has 118 valence electrons. The van der Waals surface area contributed by atoms with E-state index in [9.17, 15) is 9.18 Å². The molecule has 22 heavy (non-hydrogen) atoms. The molecule has 1 fully saturated rings. The van der Waals surface area contributed by atoms with Gasteiger partial charge in [-0.25, -0.2) is 9.18 Å². The van der Waals surface area contributed by atoms with E-state index in [0.29, 0.717) is 18.4 Å². The standard InChI is InChI=1S/C16H19FN2O3/c1-4-19-12(10-18)7-8-16(19,15(20)22-3)11-5-6-14(21-2)13(17)9-11/h4-6,9-10H,1,7-8,18H2,2-3H3/b12-10-. The van der Waals surface area contributed by atoms with E-state index < -0.39 is 17.3 Å². The number of hydrogen-bond acceptors (Lipinski definition) is 5. The lowest BCUT2D eigenvalue weighted by atomic mass is 9.87. The Hall–Kier alpha value is -2.50. The van der Waals surface area contributed by atoms with Crippen molar-refractivity contribution in [3.8, 4) is 5.75 Å². The molecule has 0 radical (unpaired) electrons. The first kappa shape index (κ1) is 15.9. The zero-order valence-corrected chi connectivity index (χ0v) is 12.6. The first-order chi connectivity index (χ1) is 10.5. The molecule has 2 N–H and O–H groups in total. The molecule has 1 aromatic rings.